The van der Waals surface area contributed by atoms with Crippen LogP contribution in [0, 0.1) is 5.82 Å². The Labute approximate surface area is 129 Å². The zero-order valence-corrected chi connectivity index (χ0v) is 12.3. The first-order valence-electron chi connectivity index (χ1n) is 6.60. The SMILES string of the molecule is O=S([O-])NCc1ccc(-c2ccnc3cc(F)ccc23)cc1. The van der Waals surface area contributed by atoms with Crippen molar-refractivity contribution in [3.8, 4) is 11.1 Å². The van der Waals surface area contributed by atoms with Gasteiger partial charge in [-0.2, -0.15) is 0 Å². The van der Waals surface area contributed by atoms with Gasteiger partial charge in [-0.05, 0) is 34.9 Å². The molecule has 0 bridgehead atoms. The predicted octanol–water partition coefficient (Wildman–Crippen LogP) is 2.92. The molecule has 2 aromatic carbocycles. The Kier molecular flexibility index (Phi) is 4.24. The van der Waals surface area contributed by atoms with Gasteiger partial charge in [0, 0.05) is 35.5 Å². The van der Waals surface area contributed by atoms with Crippen LogP contribution in [0.5, 0.6) is 0 Å². The molecule has 112 valence electrons. The van der Waals surface area contributed by atoms with Crippen LogP contribution in [0.3, 0.4) is 0 Å². The van der Waals surface area contributed by atoms with Gasteiger partial charge in [-0.1, -0.05) is 24.3 Å². The number of pyridine rings is 1. The van der Waals surface area contributed by atoms with Crippen LogP contribution in [-0.4, -0.2) is 13.7 Å². The lowest BCUT2D eigenvalue weighted by Gasteiger charge is -2.09. The third kappa shape index (κ3) is 3.19. The molecule has 1 aromatic heterocycles. The van der Waals surface area contributed by atoms with Crippen molar-refractivity contribution in [2.45, 2.75) is 6.54 Å². The highest BCUT2D eigenvalue weighted by Crippen LogP contribution is 2.28. The fourth-order valence-corrected chi connectivity index (χ4v) is 2.60. The highest BCUT2D eigenvalue weighted by molar-refractivity contribution is 7.77. The molecule has 0 fully saturated rings. The van der Waals surface area contributed by atoms with E-state index in [2.05, 4.69) is 9.71 Å². The Morgan fingerprint density at radius 3 is 2.64 bits per heavy atom. The molecule has 0 radical (unpaired) electrons. The van der Waals surface area contributed by atoms with Crippen molar-refractivity contribution in [3.05, 3.63) is 66.1 Å². The van der Waals surface area contributed by atoms with Crippen molar-refractivity contribution < 1.29 is 13.2 Å². The van der Waals surface area contributed by atoms with Gasteiger partial charge in [0.05, 0.1) is 5.52 Å². The Morgan fingerprint density at radius 1 is 1.14 bits per heavy atom. The quantitative estimate of drug-likeness (QED) is 0.753. The van der Waals surface area contributed by atoms with Crippen LogP contribution in [0.15, 0.2) is 54.7 Å². The summed E-state index contributed by atoms with van der Waals surface area (Å²) >= 11 is -2.27. The van der Waals surface area contributed by atoms with Gasteiger partial charge < -0.3 is 4.55 Å². The number of hydrogen-bond donors (Lipinski definition) is 1. The van der Waals surface area contributed by atoms with E-state index in [-0.39, 0.29) is 12.4 Å². The molecule has 1 N–H and O–H groups in total. The minimum atomic E-state index is -2.27. The first-order valence-corrected chi connectivity index (χ1v) is 7.67. The zero-order chi connectivity index (χ0) is 15.5. The standard InChI is InChI=1S/C16H13FN2O2S/c17-13-5-6-15-14(7-8-18-16(15)9-13)12-3-1-11(2-4-12)10-19-22(20)21/h1-9,19H,10H2,(H,20,21)/p-1. The average Bonchev–Trinajstić information content (AvgIpc) is 2.52. The topological polar surface area (TPSA) is 65.0 Å². The Bertz CT molecular complexity index is 837. The second-order valence-corrected chi connectivity index (χ2v) is 5.53. The minimum absolute atomic E-state index is 0.249. The molecule has 0 aliphatic carbocycles. The minimum Gasteiger partial charge on any atom is -0.760 e. The summed E-state index contributed by atoms with van der Waals surface area (Å²) in [7, 11) is 0. The molecule has 0 aliphatic heterocycles. The molecule has 1 heterocycles. The fraction of sp³-hybridized carbons (Fsp3) is 0.0625. The van der Waals surface area contributed by atoms with E-state index in [1.807, 2.05) is 30.3 Å². The lowest BCUT2D eigenvalue weighted by molar-refractivity contribution is 0.522. The maximum absolute atomic E-state index is 13.3. The molecule has 0 amide bonds. The van der Waals surface area contributed by atoms with Gasteiger partial charge >= 0.3 is 0 Å². The lowest BCUT2D eigenvalue weighted by Crippen LogP contribution is -2.15. The van der Waals surface area contributed by atoms with E-state index in [0.29, 0.717) is 5.52 Å². The first kappa shape index (κ1) is 14.8. The number of hydrogen-bond acceptors (Lipinski definition) is 3. The van der Waals surface area contributed by atoms with E-state index in [9.17, 15) is 13.2 Å². The van der Waals surface area contributed by atoms with Gasteiger partial charge in [0.25, 0.3) is 0 Å². The highest BCUT2D eigenvalue weighted by atomic mass is 32.2. The molecule has 4 nitrogen and oxygen atoms in total. The molecular formula is C16H12FN2O2S-. The third-order valence-electron chi connectivity index (χ3n) is 3.36. The Balaban J connectivity index is 1.96. The van der Waals surface area contributed by atoms with Crippen LogP contribution in [0.2, 0.25) is 0 Å². The van der Waals surface area contributed by atoms with E-state index in [1.54, 1.807) is 12.3 Å². The molecule has 1 unspecified atom stereocenters. The maximum Gasteiger partial charge on any atom is 0.125 e. The highest BCUT2D eigenvalue weighted by Gasteiger charge is 2.05. The molecule has 0 aliphatic rings. The number of nitrogens with zero attached hydrogens (tertiary/aromatic N) is 1. The number of aromatic nitrogens is 1. The van der Waals surface area contributed by atoms with Gasteiger partial charge in [-0.25, -0.2) is 9.11 Å². The summed E-state index contributed by atoms with van der Waals surface area (Å²) in [4.78, 5) is 4.18. The molecule has 6 heteroatoms. The van der Waals surface area contributed by atoms with Gasteiger partial charge in [-0.15, -0.1) is 0 Å². The Hall–Kier alpha value is -2.15. The number of rotatable bonds is 4. The Morgan fingerprint density at radius 2 is 1.91 bits per heavy atom. The third-order valence-corrected chi connectivity index (χ3v) is 3.74. The number of benzene rings is 2. The van der Waals surface area contributed by atoms with Crippen LogP contribution < -0.4 is 4.72 Å². The normalized spacial score (nSPS) is 12.5. The summed E-state index contributed by atoms with van der Waals surface area (Å²) in [6.07, 6.45) is 1.65. The van der Waals surface area contributed by atoms with Crippen LogP contribution >= 0.6 is 0 Å². The van der Waals surface area contributed by atoms with Gasteiger partial charge in [0.15, 0.2) is 0 Å². The number of halogens is 1. The van der Waals surface area contributed by atoms with Crippen molar-refractivity contribution in [2.24, 2.45) is 0 Å². The van der Waals surface area contributed by atoms with E-state index in [1.165, 1.54) is 12.1 Å². The van der Waals surface area contributed by atoms with Crippen LogP contribution in [0.1, 0.15) is 5.56 Å². The summed E-state index contributed by atoms with van der Waals surface area (Å²) in [5, 5.41) is 0.871. The van der Waals surface area contributed by atoms with Crippen LogP contribution in [-0.2, 0) is 17.8 Å². The van der Waals surface area contributed by atoms with Crippen molar-refractivity contribution in [1.29, 1.82) is 0 Å². The van der Waals surface area contributed by atoms with E-state index >= 15 is 0 Å². The first-order chi connectivity index (χ1) is 10.6. The molecule has 3 aromatic rings. The number of nitrogens with one attached hydrogen (secondary N) is 1. The molecular weight excluding hydrogens is 303 g/mol. The molecule has 1 atom stereocenters. The van der Waals surface area contributed by atoms with Crippen molar-refractivity contribution >= 4 is 22.2 Å². The molecule has 0 saturated heterocycles. The number of fused-ring (bicyclic) bond motifs is 1. The smallest absolute Gasteiger partial charge is 0.125 e. The predicted molar refractivity (Wildman–Crippen MR) is 82.9 cm³/mol. The van der Waals surface area contributed by atoms with E-state index < -0.39 is 11.3 Å². The van der Waals surface area contributed by atoms with Crippen LogP contribution in [0.4, 0.5) is 4.39 Å². The van der Waals surface area contributed by atoms with Crippen molar-refractivity contribution in [3.63, 3.8) is 0 Å². The summed E-state index contributed by atoms with van der Waals surface area (Å²) < 4.78 is 36.6. The average molecular weight is 315 g/mol. The largest absolute Gasteiger partial charge is 0.760 e. The summed E-state index contributed by atoms with van der Waals surface area (Å²) in [5.41, 5.74) is 3.38. The van der Waals surface area contributed by atoms with Crippen molar-refractivity contribution in [1.82, 2.24) is 9.71 Å². The summed E-state index contributed by atoms with van der Waals surface area (Å²) in [6, 6.07) is 13.9. The van der Waals surface area contributed by atoms with Gasteiger partial charge in [0.2, 0.25) is 0 Å². The van der Waals surface area contributed by atoms with Gasteiger partial charge in [0.1, 0.15) is 5.82 Å². The van der Waals surface area contributed by atoms with Crippen molar-refractivity contribution in [2.75, 3.05) is 0 Å². The second kappa shape index (κ2) is 6.31. The summed E-state index contributed by atoms with van der Waals surface area (Å²) in [5.74, 6) is -0.316. The molecule has 0 spiro atoms. The second-order valence-electron chi connectivity index (χ2n) is 4.77. The lowest BCUT2D eigenvalue weighted by atomic mass is 10.0. The summed E-state index contributed by atoms with van der Waals surface area (Å²) in [6.45, 7) is 0.249. The molecule has 3 rings (SSSR count). The maximum atomic E-state index is 13.3. The molecule has 22 heavy (non-hydrogen) atoms. The monoisotopic (exact) mass is 315 g/mol. The molecule has 0 saturated carbocycles. The van der Waals surface area contributed by atoms with Gasteiger partial charge in [-0.3, -0.25) is 9.19 Å². The van der Waals surface area contributed by atoms with E-state index in [4.69, 9.17) is 0 Å². The van der Waals surface area contributed by atoms with E-state index in [0.717, 1.165) is 22.1 Å². The van der Waals surface area contributed by atoms with Crippen LogP contribution in [0.25, 0.3) is 22.0 Å². The fourth-order valence-electron chi connectivity index (χ4n) is 2.32. The zero-order valence-electron chi connectivity index (χ0n) is 11.5.